The number of fused-ring (bicyclic) bond motifs is 3. The van der Waals surface area contributed by atoms with E-state index in [1.54, 1.807) is 4.40 Å². The zero-order chi connectivity index (χ0) is 18.4. The Labute approximate surface area is 157 Å². The SMILES string of the molecule is Cc1ccc2c(c1)c(=O)[nH]c1c(C(=O)Nc3ccccc3C)sc(=S)n12. The predicted molar refractivity (Wildman–Crippen MR) is 108 cm³/mol. The van der Waals surface area contributed by atoms with Crippen molar-refractivity contribution in [3.63, 3.8) is 0 Å². The number of benzene rings is 2. The van der Waals surface area contributed by atoms with Crippen LogP contribution in [-0.2, 0) is 0 Å². The Hall–Kier alpha value is -2.77. The second-order valence-electron chi connectivity index (χ2n) is 6.12. The summed E-state index contributed by atoms with van der Waals surface area (Å²) in [6.07, 6.45) is 0. The number of carbonyl (C=O) groups excluding carboxylic acids is 1. The largest absolute Gasteiger partial charge is 0.321 e. The first-order chi connectivity index (χ1) is 12.5. The maximum absolute atomic E-state index is 12.8. The van der Waals surface area contributed by atoms with Crippen molar-refractivity contribution in [3.8, 4) is 0 Å². The number of thiazole rings is 1. The summed E-state index contributed by atoms with van der Waals surface area (Å²) in [5.74, 6) is -0.292. The molecule has 0 saturated carbocycles. The van der Waals surface area contributed by atoms with E-state index in [2.05, 4.69) is 10.3 Å². The molecule has 0 atom stereocenters. The normalized spacial score (nSPS) is 11.2. The molecule has 0 radical (unpaired) electrons. The summed E-state index contributed by atoms with van der Waals surface area (Å²) in [7, 11) is 0. The standard InChI is InChI=1S/C19H15N3O2S2/c1-10-7-8-14-12(9-10)17(23)21-16-15(26-19(25)22(14)16)18(24)20-13-6-4-3-5-11(13)2/h3-9H,1-2H3,(H,20,24)(H,21,23). The topological polar surface area (TPSA) is 66.4 Å². The molecule has 0 bridgehead atoms. The maximum atomic E-state index is 12.8. The number of rotatable bonds is 2. The number of H-pyrrole nitrogens is 1. The molecule has 5 nitrogen and oxygen atoms in total. The first-order valence-electron chi connectivity index (χ1n) is 8.01. The number of nitrogens with zero attached hydrogens (tertiary/aromatic N) is 1. The highest BCUT2D eigenvalue weighted by atomic mass is 32.1. The minimum atomic E-state index is -0.292. The van der Waals surface area contributed by atoms with Gasteiger partial charge in [-0.15, -0.1) is 0 Å². The molecule has 26 heavy (non-hydrogen) atoms. The Kier molecular flexibility index (Phi) is 3.97. The third-order valence-corrected chi connectivity index (χ3v) is 5.65. The van der Waals surface area contributed by atoms with Crippen LogP contribution in [0.15, 0.2) is 47.3 Å². The van der Waals surface area contributed by atoms with Gasteiger partial charge in [0.1, 0.15) is 10.5 Å². The molecule has 1 amide bonds. The van der Waals surface area contributed by atoms with E-state index in [0.29, 0.717) is 25.4 Å². The number of anilines is 1. The molecule has 0 saturated heterocycles. The lowest BCUT2D eigenvalue weighted by molar-refractivity contribution is 0.103. The monoisotopic (exact) mass is 381 g/mol. The summed E-state index contributed by atoms with van der Waals surface area (Å²) in [6.45, 7) is 3.85. The van der Waals surface area contributed by atoms with E-state index in [1.165, 1.54) is 11.3 Å². The van der Waals surface area contributed by atoms with E-state index >= 15 is 0 Å². The van der Waals surface area contributed by atoms with Gasteiger partial charge in [-0.25, -0.2) is 0 Å². The molecule has 2 heterocycles. The van der Waals surface area contributed by atoms with Gasteiger partial charge in [-0.05, 0) is 49.8 Å². The average molecular weight is 381 g/mol. The van der Waals surface area contributed by atoms with E-state index in [1.807, 2.05) is 56.3 Å². The molecule has 130 valence electrons. The molecule has 0 aliphatic rings. The van der Waals surface area contributed by atoms with Crippen LogP contribution < -0.4 is 10.9 Å². The Balaban J connectivity index is 1.92. The summed E-state index contributed by atoms with van der Waals surface area (Å²) in [6, 6.07) is 13.1. The van der Waals surface area contributed by atoms with Crippen molar-refractivity contribution in [3.05, 3.63) is 72.8 Å². The minimum Gasteiger partial charge on any atom is -0.321 e. The summed E-state index contributed by atoms with van der Waals surface area (Å²) in [5.41, 5.74) is 3.57. The van der Waals surface area contributed by atoms with E-state index in [0.717, 1.165) is 16.8 Å². The highest BCUT2D eigenvalue weighted by Crippen LogP contribution is 2.24. The third kappa shape index (κ3) is 2.65. The van der Waals surface area contributed by atoms with E-state index < -0.39 is 0 Å². The average Bonchev–Trinajstić information content (AvgIpc) is 2.94. The Morgan fingerprint density at radius 1 is 1.19 bits per heavy atom. The van der Waals surface area contributed by atoms with Gasteiger partial charge in [-0.1, -0.05) is 41.2 Å². The first-order valence-corrected chi connectivity index (χ1v) is 9.23. The highest BCUT2D eigenvalue weighted by Gasteiger charge is 2.18. The number of hydrogen-bond acceptors (Lipinski definition) is 4. The summed E-state index contributed by atoms with van der Waals surface area (Å²) in [4.78, 5) is 28.5. The van der Waals surface area contributed by atoms with Gasteiger partial charge in [0.25, 0.3) is 11.5 Å². The number of aromatic nitrogens is 2. The second-order valence-corrected chi connectivity index (χ2v) is 7.77. The fraction of sp³-hybridized carbons (Fsp3) is 0.105. The van der Waals surface area contributed by atoms with Crippen molar-refractivity contribution in [2.24, 2.45) is 0 Å². The van der Waals surface area contributed by atoms with Crippen molar-refractivity contribution >= 4 is 51.7 Å². The second kappa shape index (κ2) is 6.19. The van der Waals surface area contributed by atoms with Crippen LogP contribution in [0.2, 0.25) is 0 Å². The molecule has 0 aliphatic heterocycles. The van der Waals surface area contributed by atoms with Crippen LogP contribution in [0.3, 0.4) is 0 Å². The summed E-state index contributed by atoms with van der Waals surface area (Å²) >= 11 is 6.65. The maximum Gasteiger partial charge on any atom is 0.269 e. The summed E-state index contributed by atoms with van der Waals surface area (Å²) < 4.78 is 2.27. The van der Waals surface area contributed by atoms with E-state index in [-0.39, 0.29) is 11.5 Å². The van der Waals surface area contributed by atoms with Crippen LogP contribution in [0.5, 0.6) is 0 Å². The lowest BCUT2D eigenvalue weighted by Crippen LogP contribution is -2.15. The molecule has 2 aromatic heterocycles. The molecular formula is C19H15N3O2S2. The van der Waals surface area contributed by atoms with Crippen LogP contribution >= 0.6 is 23.6 Å². The Morgan fingerprint density at radius 3 is 2.73 bits per heavy atom. The molecule has 2 N–H and O–H groups in total. The van der Waals surface area contributed by atoms with Crippen LogP contribution in [0.1, 0.15) is 20.8 Å². The molecule has 4 aromatic rings. The third-order valence-electron chi connectivity index (χ3n) is 4.28. The van der Waals surface area contributed by atoms with Gasteiger partial charge in [0.05, 0.1) is 10.9 Å². The van der Waals surface area contributed by atoms with Crippen LogP contribution in [0.4, 0.5) is 5.69 Å². The number of aromatic amines is 1. The van der Waals surface area contributed by atoms with Crippen molar-refractivity contribution in [1.29, 1.82) is 0 Å². The number of aryl methyl sites for hydroxylation is 2. The van der Waals surface area contributed by atoms with E-state index in [9.17, 15) is 9.59 Å². The molecule has 7 heteroatoms. The number of carbonyl (C=O) groups is 1. The van der Waals surface area contributed by atoms with Crippen molar-refractivity contribution in [2.75, 3.05) is 5.32 Å². The van der Waals surface area contributed by atoms with Crippen LogP contribution in [0, 0.1) is 17.8 Å². The van der Waals surface area contributed by atoms with Gasteiger partial charge in [0, 0.05) is 5.69 Å². The molecule has 0 spiro atoms. The number of hydrogen-bond donors (Lipinski definition) is 2. The highest BCUT2D eigenvalue weighted by molar-refractivity contribution is 7.73. The molecule has 4 rings (SSSR count). The van der Waals surface area contributed by atoms with Crippen molar-refractivity contribution < 1.29 is 4.79 Å². The zero-order valence-electron chi connectivity index (χ0n) is 14.1. The molecular weight excluding hydrogens is 366 g/mol. The molecule has 0 aliphatic carbocycles. The fourth-order valence-electron chi connectivity index (χ4n) is 2.95. The van der Waals surface area contributed by atoms with Gasteiger partial charge in [-0.3, -0.25) is 14.0 Å². The minimum absolute atomic E-state index is 0.235. The Bertz CT molecular complexity index is 1300. The lowest BCUT2D eigenvalue weighted by Gasteiger charge is -2.07. The van der Waals surface area contributed by atoms with Crippen LogP contribution in [-0.4, -0.2) is 15.3 Å². The fourth-order valence-corrected chi connectivity index (χ4v) is 4.23. The van der Waals surface area contributed by atoms with Gasteiger partial charge in [0.2, 0.25) is 0 Å². The predicted octanol–water partition coefficient (Wildman–Crippen LogP) is 4.44. The van der Waals surface area contributed by atoms with Gasteiger partial charge in [-0.2, -0.15) is 0 Å². The smallest absolute Gasteiger partial charge is 0.269 e. The molecule has 2 aromatic carbocycles. The number of nitrogens with one attached hydrogen (secondary N) is 2. The van der Waals surface area contributed by atoms with Crippen LogP contribution in [0.25, 0.3) is 16.6 Å². The van der Waals surface area contributed by atoms with Crippen molar-refractivity contribution in [2.45, 2.75) is 13.8 Å². The van der Waals surface area contributed by atoms with Gasteiger partial charge in [0.15, 0.2) is 3.95 Å². The Morgan fingerprint density at radius 2 is 1.96 bits per heavy atom. The van der Waals surface area contributed by atoms with Gasteiger partial charge < -0.3 is 10.3 Å². The zero-order valence-corrected chi connectivity index (χ0v) is 15.8. The van der Waals surface area contributed by atoms with Gasteiger partial charge >= 0.3 is 0 Å². The van der Waals surface area contributed by atoms with Crippen molar-refractivity contribution in [1.82, 2.24) is 9.38 Å². The first kappa shape index (κ1) is 16.7. The lowest BCUT2D eigenvalue weighted by atomic mass is 10.1. The molecule has 0 fully saturated rings. The number of amides is 1. The quantitative estimate of drug-likeness (QED) is 0.505. The summed E-state index contributed by atoms with van der Waals surface area (Å²) in [5, 5.41) is 3.45. The van der Waals surface area contributed by atoms with E-state index in [4.69, 9.17) is 12.2 Å². The molecule has 0 unspecified atom stereocenters. The number of para-hydroxylation sites is 1.